The van der Waals surface area contributed by atoms with Crippen LogP contribution in [0.2, 0.25) is 0 Å². The highest BCUT2D eigenvalue weighted by molar-refractivity contribution is 7.92. The monoisotopic (exact) mass is 655 g/mol. The van der Waals surface area contributed by atoms with Gasteiger partial charge >= 0.3 is 0 Å². The van der Waals surface area contributed by atoms with Crippen LogP contribution < -0.4 is 19.1 Å². The van der Waals surface area contributed by atoms with Crippen LogP contribution in [-0.4, -0.2) is 57.5 Å². The molecule has 0 fully saturated rings. The number of rotatable bonds is 13. The Hall–Kier alpha value is -4.83. The molecule has 9 nitrogen and oxygen atoms in total. The van der Waals surface area contributed by atoms with Gasteiger partial charge in [-0.05, 0) is 48.2 Å². The number of hydrogen-bond donors (Lipinski definition) is 1. The highest BCUT2D eigenvalue weighted by Gasteiger charge is 2.35. The predicted molar refractivity (Wildman–Crippen MR) is 182 cm³/mol. The summed E-state index contributed by atoms with van der Waals surface area (Å²) in [5, 5.41) is 3.02. The van der Waals surface area contributed by atoms with Gasteiger partial charge in [-0.1, -0.05) is 92.2 Å². The minimum Gasteiger partial charge on any atom is -0.486 e. The fourth-order valence-corrected chi connectivity index (χ4v) is 6.85. The molecule has 0 unspecified atom stereocenters. The number of amides is 2. The molecule has 4 aromatic carbocycles. The molecular weight excluding hydrogens is 614 g/mol. The molecule has 0 spiro atoms. The number of sulfonamides is 1. The van der Waals surface area contributed by atoms with E-state index in [0.717, 1.165) is 21.0 Å². The minimum atomic E-state index is -4.23. The summed E-state index contributed by atoms with van der Waals surface area (Å²) in [6.07, 6.45) is 0.248. The highest BCUT2D eigenvalue weighted by atomic mass is 32.2. The summed E-state index contributed by atoms with van der Waals surface area (Å²) in [6, 6.07) is 29.1. The summed E-state index contributed by atoms with van der Waals surface area (Å²) in [5.41, 5.74) is 2.94. The van der Waals surface area contributed by atoms with Crippen molar-refractivity contribution < 1.29 is 27.5 Å². The molecular formula is C37H41N3O6S. The third kappa shape index (κ3) is 8.51. The van der Waals surface area contributed by atoms with Crippen molar-refractivity contribution in [3.8, 4) is 11.5 Å². The topological polar surface area (TPSA) is 105 Å². The largest absolute Gasteiger partial charge is 0.486 e. The van der Waals surface area contributed by atoms with Gasteiger partial charge in [0.2, 0.25) is 11.8 Å². The molecule has 0 bridgehead atoms. The van der Waals surface area contributed by atoms with Crippen LogP contribution in [0.4, 0.5) is 5.69 Å². The normalized spacial score (nSPS) is 13.1. The van der Waals surface area contributed by atoms with Gasteiger partial charge in [-0.3, -0.25) is 13.9 Å². The third-order valence-corrected chi connectivity index (χ3v) is 9.60. The van der Waals surface area contributed by atoms with Gasteiger partial charge < -0.3 is 19.7 Å². The predicted octanol–water partition coefficient (Wildman–Crippen LogP) is 5.37. The van der Waals surface area contributed by atoms with Gasteiger partial charge in [0.1, 0.15) is 25.8 Å². The van der Waals surface area contributed by atoms with Crippen molar-refractivity contribution in [1.82, 2.24) is 10.2 Å². The van der Waals surface area contributed by atoms with Crippen molar-refractivity contribution in [2.75, 3.05) is 30.6 Å². The second kappa shape index (κ2) is 15.2. The van der Waals surface area contributed by atoms with Gasteiger partial charge in [-0.25, -0.2) is 8.42 Å². The van der Waals surface area contributed by atoms with Crippen molar-refractivity contribution in [3.63, 3.8) is 0 Å². The average Bonchev–Trinajstić information content (AvgIpc) is 3.08. The molecule has 246 valence electrons. The van der Waals surface area contributed by atoms with Crippen LogP contribution in [0.15, 0.2) is 108 Å². The van der Waals surface area contributed by atoms with E-state index in [-0.39, 0.29) is 35.4 Å². The van der Waals surface area contributed by atoms with Gasteiger partial charge in [0, 0.05) is 25.6 Å². The maximum absolute atomic E-state index is 14.6. The summed E-state index contributed by atoms with van der Waals surface area (Å²) < 4.78 is 41.0. The van der Waals surface area contributed by atoms with E-state index in [2.05, 4.69) is 5.32 Å². The number of nitrogens with one attached hydrogen (secondary N) is 1. The Bertz CT molecular complexity index is 1780. The lowest BCUT2D eigenvalue weighted by atomic mass is 10.0. The standard InChI is InChI=1S/C37H41N3O6S/c1-27(2)24-38-37(42)33(22-29-12-6-4-7-13-29)39(25-30-14-10-11-28(3)21-30)36(41)26-40(47(43,44)32-15-8-5-9-16-32)31-17-18-34-35(23-31)46-20-19-45-34/h4-18,21,23,27,33H,19-20,22,24-26H2,1-3H3,(H,38,42)/t33-/m0/s1. The van der Waals surface area contributed by atoms with Crippen molar-refractivity contribution >= 4 is 27.5 Å². The number of aryl methyl sites for hydroxylation is 1. The third-order valence-electron chi connectivity index (χ3n) is 7.81. The summed E-state index contributed by atoms with van der Waals surface area (Å²) in [7, 11) is -4.23. The zero-order chi connectivity index (χ0) is 33.4. The number of benzene rings is 4. The molecule has 1 atom stereocenters. The zero-order valence-electron chi connectivity index (χ0n) is 27.0. The first-order chi connectivity index (χ1) is 22.6. The van der Waals surface area contributed by atoms with Crippen LogP contribution >= 0.6 is 0 Å². The number of fused-ring (bicyclic) bond motifs is 1. The highest BCUT2D eigenvalue weighted by Crippen LogP contribution is 2.36. The van der Waals surface area contributed by atoms with Gasteiger partial charge in [0.25, 0.3) is 10.0 Å². The Morgan fingerprint density at radius 1 is 0.809 bits per heavy atom. The van der Waals surface area contributed by atoms with E-state index in [9.17, 15) is 18.0 Å². The number of nitrogens with zero attached hydrogens (tertiary/aromatic N) is 2. The molecule has 1 aliphatic rings. The second-order valence-electron chi connectivity index (χ2n) is 12.0. The summed E-state index contributed by atoms with van der Waals surface area (Å²) in [4.78, 5) is 30.1. The molecule has 0 saturated carbocycles. The van der Waals surface area contributed by atoms with E-state index >= 15 is 0 Å². The Morgan fingerprint density at radius 2 is 1.47 bits per heavy atom. The van der Waals surface area contributed by atoms with Crippen LogP contribution in [0.25, 0.3) is 0 Å². The van der Waals surface area contributed by atoms with Gasteiger partial charge in [0.15, 0.2) is 11.5 Å². The molecule has 1 N–H and O–H groups in total. The molecule has 1 heterocycles. The molecule has 0 aliphatic carbocycles. The number of hydrogen-bond acceptors (Lipinski definition) is 6. The molecule has 0 aromatic heterocycles. The summed E-state index contributed by atoms with van der Waals surface area (Å²) in [5.74, 6) is 0.246. The maximum atomic E-state index is 14.6. The van der Waals surface area contributed by atoms with E-state index in [1.54, 1.807) is 36.4 Å². The molecule has 0 radical (unpaired) electrons. The minimum absolute atomic E-state index is 0.0310. The van der Waals surface area contributed by atoms with E-state index < -0.39 is 28.5 Å². The van der Waals surface area contributed by atoms with E-state index in [1.165, 1.54) is 17.0 Å². The van der Waals surface area contributed by atoms with Crippen LogP contribution in [0.5, 0.6) is 11.5 Å². The van der Waals surface area contributed by atoms with E-state index in [0.29, 0.717) is 31.3 Å². The van der Waals surface area contributed by atoms with Crippen molar-refractivity contribution in [2.45, 2.75) is 44.7 Å². The second-order valence-corrected chi connectivity index (χ2v) is 13.9. The average molecular weight is 656 g/mol. The molecule has 2 amide bonds. The number of anilines is 1. The molecule has 5 rings (SSSR count). The fourth-order valence-electron chi connectivity index (χ4n) is 5.42. The Balaban J connectivity index is 1.58. The SMILES string of the molecule is Cc1cccc(CN(C(=O)CN(c2ccc3c(c2)OCCO3)S(=O)(=O)c2ccccc2)[C@@H](Cc2ccccc2)C(=O)NCC(C)C)c1. The quantitative estimate of drug-likeness (QED) is 0.208. The summed E-state index contributed by atoms with van der Waals surface area (Å²) in [6.45, 7) is 6.65. The van der Waals surface area contributed by atoms with Crippen LogP contribution in [0.3, 0.4) is 0 Å². The molecule has 4 aromatic rings. The van der Waals surface area contributed by atoms with Crippen LogP contribution in [0.1, 0.15) is 30.5 Å². The lowest BCUT2D eigenvalue weighted by Gasteiger charge is -2.34. The number of ether oxygens (including phenoxy) is 2. The Kier molecular flexibility index (Phi) is 10.8. The number of carbonyl (C=O) groups excluding carboxylic acids is 2. The first kappa shape index (κ1) is 33.5. The van der Waals surface area contributed by atoms with Gasteiger partial charge in [-0.2, -0.15) is 0 Å². The lowest BCUT2D eigenvalue weighted by Crippen LogP contribution is -2.53. The van der Waals surface area contributed by atoms with Gasteiger partial charge in [-0.15, -0.1) is 0 Å². The van der Waals surface area contributed by atoms with E-state index in [4.69, 9.17) is 9.47 Å². The van der Waals surface area contributed by atoms with Crippen molar-refractivity contribution in [1.29, 1.82) is 0 Å². The first-order valence-electron chi connectivity index (χ1n) is 15.8. The fraction of sp³-hybridized carbons (Fsp3) is 0.297. The smallest absolute Gasteiger partial charge is 0.264 e. The molecule has 47 heavy (non-hydrogen) atoms. The molecule has 10 heteroatoms. The zero-order valence-corrected chi connectivity index (χ0v) is 27.8. The molecule has 1 aliphatic heterocycles. The van der Waals surface area contributed by atoms with E-state index in [1.807, 2.05) is 75.4 Å². The lowest BCUT2D eigenvalue weighted by molar-refractivity contribution is -0.140. The van der Waals surface area contributed by atoms with Crippen LogP contribution in [0, 0.1) is 12.8 Å². The summed E-state index contributed by atoms with van der Waals surface area (Å²) >= 11 is 0. The Morgan fingerprint density at radius 3 is 2.15 bits per heavy atom. The first-order valence-corrected chi connectivity index (χ1v) is 17.2. The maximum Gasteiger partial charge on any atom is 0.264 e. The molecule has 0 saturated heterocycles. The Labute approximate surface area is 277 Å². The van der Waals surface area contributed by atoms with Gasteiger partial charge in [0.05, 0.1) is 10.6 Å². The van der Waals surface area contributed by atoms with Crippen LogP contribution in [-0.2, 0) is 32.6 Å². The van der Waals surface area contributed by atoms with Crippen molar-refractivity contribution in [3.05, 3.63) is 120 Å². The van der Waals surface area contributed by atoms with Crippen molar-refractivity contribution in [2.24, 2.45) is 5.92 Å². The number of carbonyl (C=O) groups is 2.